The second-order valence-electron chi connectivity index (χ2n) is 9.22. The molecule has 2 saturated heterocycles. The summed E-state index contributed by atoms with van der Waals surface area (Å²) in [5, 5.41) is 1.77. The second-order valence-corrected chi connectivity index (χ2v) is 12.3. The van der Waals surface area contributed by atoms with Crippen molar-refractivity contribution >= 4 is 27.3 Å². The fraction of sp³-hybridized carbons (Fsp3) is 0.370. The van der Waals surface area contributed by atoms with Crippen LogP contribution in [-0.2, 0) is 14.8 Å². The molecule has 5 rings (SSSR count). The summed E-state index contributed by atoms with van der Waals surface area (Å²) in [5.41, 5.74) is 2.50. The maximum atomic E-state index is 13.4. The van der Waals surface area contributed by atoms with E-state index < -0.39 is 10.0 Å². The van der Waals surface area contributed by atoms with Crippen LogP contribution in [0, 0.1) is 5.92 Å². The topological polar surface area (TPSA) is 60.9 Å². The van der Waals surface area contributed by atoms with Crippen LogP contribution in [0.2, 0.25) is 0 Å². The monoisotopic (exact) mass is 509 g/mol. The minimum Gasteiger partial charge on any atom is -0.340 e. The summed E-state index contributed by atoms with van der Waals surface area (Å²) in [6.45, 7) is 3.63. The number of thiophene rings is 1. The summed E-state index contributed by atoms with van der Waals surface area (Å²) in [5.74, 6) is -0.184. The van der Waals surface area contributed by atoms with Crippen molar-refractivity contribution in [3.63, 3.8) is 0 Å². The Morgan fingerprint density at radius 2 is 1.46 bits per heavy atom. The molecule has 1 aromatic heterocycles. The fourth-order valence-corrected chi connectivity index (χ4v) is 7.91. The summed E-state index contributed by atoms with van der Waals surface area (Å²) >= 11 is 1.23. The van der Waals surface area contributed by atoms with Crippen molar-refractivity contribution in [2.45, 2.75) is 23.1 Å². The molecule has 35 heavy (non-hydrogen) atoms. The summed E-state index contributed by atoms with van der Waals surface area (Å²) < 4.78 is 27.8. The van der Waals surface area contributed by atoms with Gasteiger partial charge in [0, 0.05) is 39.3 Å². The van der Waals surface area contributed by atoms with Gasteiger partial charge in [-0.1, -0.05) is 66.7 Å². The predicted octanol–water partition coefficient (Wildman–Crippen LogP) is 4.08. The zero-order valence-electron chi connectivity index (χ0n) is 19.7. The average molecular weight is 510 g/mol. The molecule has 2 aliphatic rings. The van der Waals surface area contributed by atoms with Gasteiger partial charge in [-0.3, -0.25) is 9.69 Å². The van der Waals surface area contributed by atoms with Gasteiger partial charge in [0.25, 0.3) is 10.0 Å². The van der Waals surface area contributed by atoms with Crippen LogP contribution in [0.5, 0.6) is 0 Å². The van der Waals surface area contributed by atoms with Gasteiger partial charge < -0.3 is 4.90 Å². The van der Waals surface area contributed by atoms with E-state index in [1.807, 2.05) is 17.0 Å². The first-order chi connectivity index (χ1) is 17.0. The van der Waals surface area contributed by atoms with Gasteiger partial charge in [-0.15, -0.1) is 11.3 Å². The van der Waals surface area contributed by atoms with E-state index in [9.17, 15) is 13.2 Å². The zero-order valence-corrected chi connectivity index (χ0v) is 21.3. The Hall–Kier alpha value is -2.52. The number of hydrogen-bond donors (Lipinski definition) is 0. The van der Waals surface area contributed by atoms with Crippen molar-refractivity contribution in [2.24, 2.45) is 5.92 Å². The molecule has 6 nitrogen and oxygen atoms in total. The fourth-order valence-electron chi connectivity index (χ4n) is 5.24. The van der Waals surface area contributed by atoms with Gasteiger partial charge in [0.05, 0.1) is 12.0 Å². The van der Waals surface area contributed by atoms with E-state index in [-0.39, 0.29) is 24.4 Å². The molecule has 184 valence electrons. The standard InChI is InChI=1S/C27H31N3O3S2/c31-27(24-13-7-15-30(21-24)35(32,33)25-14-8-20-34-25)29-18-16-28(17-19-29)26(22-9-3-1-4-10-22)23-11-5-2-6-12-23/h1-6,8-12,14,20,24,26H,7,13,15-19,21H2/t24-/m1/s1. The van der Waals surface area contributed by atoms with Gasteiger partial charge in [-0.05, 0) is 35.4 Å². The largest absolute Gasteiger partial charge is 0.340 e. The number of carbonyl (C=O) groups is 1. The molecule has 0 bridgehead atoms. The Bertz CT molecular complexity index is 1170. The highest BCUT2D eigenvalue weighted by molar-refractivity contribution is 7.91. The number of carbonyl (C=O) groups excluding carboxylic acids is 1. The third-order valence-corrected chi connectivity index (χ3v) is 10.3. The van der Waals surface area contributed by atoms with E-state index >= 15 is 0 Å². The van der Waals surface area contributed by atoms with Crippen LogP contribution < -0.4 is 0 Å². The van der Waals surface area contributed by atoms with Crippen LogP contribution >= 0.6 is 11.3 Å². The number of sulfonamides is 1. The first-order valence-electron chi connectivity index (χ1n) is 12.2. The van der Waals surface area contributed by atoms with Crippen LogP contribution in [0.4, 0.5) is 0 Å². The Balaban J connectivity index is 1.25. The first-order valence-corrected chi connectivity index (χ1v) is 14.5. The minimum absolute atomic E-state index is 0.0895. The highest BCUT2D eigenvalue weighted by atomic mass is 32.2. The third-order valence-electron chi connectivity index (χ3n) is 7.04. The van der Waals surface area contributed by atoms with Crippen LogP contribution in [0.25, 0.3) is 0 Å². The van der Waals surface area contributed by atoms with E-state index in [0.717, 1.165) is 19.5 Å². The zero-order chi connectivity index (χ0) is 24.3. The molecule has 3 aromatic rings. The van der Waals surface area contributed by atoms with Crippen LogP contribution in [-0.4, -0.2) is 67.7 Å². The lowest BCUT2D eigenvalue weighted by Crippen LogP contribution is -2.53. The Labute approximate surface area is 211 Å². The number of rotatable bonds is 6. The smallest absolute Gasteiger partial charge is 0.252 e. The van der Waals surface area contributed by atoms with Crippen molar-refractivity contribution < 1.29 is 13.2 Å². The van der Waals surface area contributed by atoms with Crippen molar-refractivity contribution in [3.05, 3.63) is 89.3 Å². The quantitative estimate of drug-likeness (QED) is 0.502. The maximum Gasteiger partial charge on any atom is 0.252 e. The van der Waals surface area contributed by atoms with Crippen molar-refractivity contribution in [1.82, 2.24) is 14.1 Å². The van der Waals surface area contributed by atoms with Crippen LogP contribution in [0.15, 0.2) is 82.4 Å². The maximum absolute atomic E-state index is 13.4. The highest BCUT2D eigenvalue weighted by Gasteiger charge is 2.37. The highest BCUT2D eigenvalue weighted by Crippen LogP contribution is 2.31. The molecule has 1 amide bonds. The molecular formula is C27H31N3O3S2. The number of piperidine rings is 1. The molecule has 0 aliphatic carbocycles. The van der Waals surface area contributed by atoms with E-state index in [1.165, 1.54) is 26.8 Å². The number of piperazine rings is 1. The van der Waals surface area contributed by atoms with Crippen LogP contribution in [0.3, 0.4) is 0 Å². The lowest BCUT2D eigenvalue weighted by atomic mass is 9.95. The molecule has 0 unspecified atom stereocenters. The number of hydrogen-bond acceptors (Lipinski definition) is 5. The van der Waals surface area contributed by atoms with E-state index in [0.29, 0.717) is 30.3 Å². The molecule has 2 aromatic carbocycles. The Morgan fingerprint density at radius 3 is 2.03 bits per heavy atom. The molecule has 0 spiro atoms. The molecule has 0 saturated carbocycles. The van der Waals surface area contributed by atoms with Gasteiger partial charge >= 0.3 is 0 Å². The normalized spacial score (nSPS) is 20.3. The average Bonchev–Trinajstić information content (AvgIpc) is 3.47. The summed E-state index contributed by atoms with van der Waals surface area (Å²) in [7, 11) is -3.52. The SMILES string of the molecule is O=C([C@@H]1CCCN(S(=O)(=O)c2cccs2)C1)N1CCN(C(c2ccccc2)c2ccccc2)CC1. The first kappa shape index (κ1) is 24.2. The summed E-state index contributed by atoms with van der Waals surface area (Å²) in [4.78, 5) is 17.8. The molecule has 0 N–H and O–H groups in total. The van der Waals surface area contributed by atoms with Gasteiger partial charge in [0.15, 0.2) is 0 Å². The third kappa shape index (κ3) is 5.21. The summed E-state index contributed by atoms with van der Waals surface area (Å²) in [6.07, 6.45) is 1.46. The van der Waals surface area contributed by atoms with Gasteiger partial charge in [0.1, 0.15) is 4.21 Å². The lowest BCUT2D eigenvalue weighted by molar-refractivity contribution is -0.138. The number of amides is 1. The molecule has 1 atom stereocenters. The second kappa shape index (κ2) is 10.6. The van der Waals surface area contributed by atoms with E-state index in [1.54, 1.807) is 17.5 Å². The molecule has 0 radical (unpaired) electrons. The van der Waals surface area contributed by atoms with E-state index in [4.69, 9.17) is 0 Å². The lowest BCUT2D eigenvalue weighted by Gasteiger charge is -2.41. The van der Waals surface area contributed by atoms with Gasteiger partial charge in [0.2, 0.25) is 5.91 Å². The van der Waals surface area contributed by atoms with Crippen molar-refractivity contribution in [3.8, 4) is 0 Å². The van der Waals surface area contributed by atoms with Crippen molar-refractivity contribution in [2.75, 3.05) is 39.3 Å². The summed E-state index contributed by atoms with van der Waals surface area (Å²) in [6, 6.07) is 24.6. The molecule has 2 fully saturated rings. The predicted molar refractivity (Wildman–Crippen MR) is 139 cm³/mol. The molecule has 8 heteroatoms. The van der Waals surface area contributed by atoms with Gasteiger partial charge in [-0.2, -0.15) is 4.31 Å². The van der Waals surface area contributed by atoms with Gasteiger partial charge in [-0.25, -0.2) is 8.42 Å². The number of benzene rings is 2. The number of nitrogens with zero attached hydrogens (tertiary/aromatic N) is 3. The molecular weight excluding hydrogens is 478 g/mol. The Morgan fingerprint density at radius 1 is 0.829 bits per heavy atom. The Kier molecular flexibility index (Phi) is 7.34. The van der Waals surface area contributed by atoms with Crippen LogP contribution in [0.1, 0.15) is 30.0 Å². The molecule has 3 heterocycles. The minimum atomic E-state index is -3.52. The molecule has 2 aliphatic heterocycles. The van der Waals surface area contributed by atoms with Crippen molar-refractivity contribution in [1.29, 1.82) is 0 Å². The van der Waals surface area contributed by atoms with E-state index in [2.05, 4.69) is 53.4 Å².